The molecule has 1 amide bonds. The van der Waals surface area contributed by atoms with Crippen molar-refractivity contribution in [2.75, 3.05) is 18.1 Å². The van der Waals surface area contributed by atoms with Crippen LogP contribution in [-0.4, -0.2) is 30.0 Å². The van der Waals surface area contributed by atoms with Crippen LogP contribution in [0.5, 0.6) is 0 Å². The molecule has 3 aromatic rings. The number of rotatable bonds is 6. The number of benzene rings is 2. The number of nitro groups is 1. The summed E-state index contributed by atoms with van der Waals surface area (Å²) in [6, 6.07) is 16.2. The lowest BCUT2D eigenvalue weighted by atomic mass is 10.1. The quantitative estimate of drug-likeness (QED) is 0.255. The summed E-state index contributed by atoms with van der Waals surface area (Å²) in [6.07, 6.45) is 2.41. The number of ketones is 1. The second kappa shape index (κ2) is 8.04. The van der Waals surface area contributed by atoms with E-state index in [1.807, 2.05) is 0 Å². The van der Waals surface area contributed by atoms with Crippen LogP contribution in [-0.2, 0) is 4.74 Å². The van der Waals surface area contributed by atoms with Gasteiger partial charge >= 0.3 is 6.09 Å². The standard InChI is InChI=1S/C22H16N2O6/c25-20(15-4-3-5-16(14-15)23-12-13-29-22(23)26)10-8-17-9-11-21(30-17)18-6-1-2-7-19(18)24(27)28/h1-11,14H,12-13H2. The number of allylic oxidation sites excluding steroid dienone is 1. The van der Waals surface area contributed by atoms with E-state index in [4.69, 9.17) is 9.15 Å². The Labute approximate surface area is 171 Å². The van der Waals surface area contributed by atoms with Crippen molar-refractivity contribution < 1.29 is 23.7 Å². The molecular formula is C22H16N2O6. The van der Waals surface area contributed by atoms with Crippen LogP contribution in [0.25, 0.3) is 17.4 Å². The number of nitrogens with zero attached hydrogens (tertiary/aromatic N) is 2. The molecule has 0 radical (unpaired) electrons. The molecule has 2 heterocycles. The van der Waals surface area contributed by atoms with E-state index < -0.39 is 11.0 Å². The van der Waals surface area contributed by atoms with Crippen molar-refractivity contribution in [2.24, 2.45) is 0 Å². The van der Waals surface area contributed by atoms with E-state index in [-0.39, 0.29) is 11.5 Å². The van der Waals surface area contributed by atoms with Crippen molar-refractivity contribution in [3.63, 3.8) is 0 Å². The highest BCUT2D eigenvalue weighted by Crippen LogP contribution is 2.31. The lowest BCUT2D eigenvalue weighted by Crippen LogP contribution is -2.23. The molecule has 8 heteroatoms. The zero-order valence-corrected chi connectivity index (χ0v) is 15.7. The van der Waals surface area contributed by atoms with Gasteiger partial charge in [-0.05, 0) is 42.5 Å². The smallest absolute Gasteiger partial charge is 0.414 e. The molecular weight excluding hydrogens is 388 g/mol. The van der Waals surface area contributed by atoms with Gasteiger partial charge in [-0.2, -0.15) is 0 Å². The average molecular weight is 404 g/mol. The molecule has 1 aliphatic rings. The molecule has 0 spiro atoms. The van der Waals surface area contributed by atoms with Crippen LogP contribution in [0, 0.1) is 10.1 Å². The van der Waals surface area contributed by atoms with E-state index in [1.165, 1.54) is 23.1 Å². The minimum atomic E-state index is -0.472. The third-order valence-electron chi connectivity index (χ3n) is 4.60. The Morgan fingerprint density at radius 1 is 1.10 bits per heavy atom. The van der Waals surface area contributed by atoms with Crippen molar-refractivity contribution >= 4 is 29.3 Å². The predicted molar refractivity (Wildman–Crippen MR) is 109 cm³/mol. The molecule has 4 rings (SSSR count). The van der Waals surface area contributed by atoms with Gasteiger partial charge in [0, 0.05) is 17.3 Å². The molecule has 8 nitrogen and oxygen atoms in total. The topological polar surface area (TPSA) is 103 Å². The molecule has 1 fully saturated rings. The van der Waals surface area contributed by atoms with Crippen molar-refractivity contribution in [1.82, 2.24) is 0 Å². The first-order chi connectivity index (χ1) is 14.5. The van der Waals surface area contributed by atoms with Crippen LogP contribution in [0.4, 0.5) is 16.2 Å². The molecule has 1 aliphatic heterocycles. The molecule has 2 aromatic carbocycles. The lowest BCUT2D eigenvalue weighted by Gasteiger charge is -2.13. The van der Waals surface area contributed by atoms with Crippen LogP contribution >= 0.6 is 0 Å². The predicted octanol–water partition coefficient (Wildman–Crippen LogP) is 4.71. The summed E-state index contributed by atoms with van der Waals surface area (Å²) in [5.41, 5.74) is 1.30. The molecule has 0 N–H and O–H groups in total. The van der Waals surface area contributed by atoms with Crippen LogP contribution < -0.4 is 4.90 Å². The summed E-state index contributed by atoms with van der Waals surface area (Å²) in [5, 5.41) is 11.2. The van der Waals surface area contributed by atoms with Gasteiger partial charge in [0.1, 0.15) is 18.1 Å². The highest BCUT2D eigenvalue weighted by atomic mass is 16.6. The Morgan fingerprint density at radius 3 is 2.70 bits per heavy atom. The number of carbonyl (C=O) groups excluding carboxylic acids is 2. The first-order valence-corrected chi connectivity index (χ1v) is 9.13. The fraction of sp³-hybridized carbons (Fsp3) is 0.0909. The van der Waals surface area contributed by atoms with Gasteiger partial charge in [-0.25, -0.2) is 4.79 Å². The minimum absolute atomic E-state index is 0.0595. The summed E-state index contributed by atoms with van der Waals surface area (Å²) in [7, 11) is 0. The maximum atomic E-state index is 12.5. The van der Waals surface area contributed by atoms with Gasteiger partial charge in [-0.1, -0.05) is 24.3 Å². The van der Waals surface area contributed by atoms with Gasteiger partial charge in [-0.3, -0.25) is 19.8 Å². The number of ether oxygens (including phenoxy) is 1. The molecule has 0 unspecified atom stereocenters. The summed E-state index contributed by atoms with van der Waals surface area (Å²) in [4.78, 5) is 36.4. The number of hydrogen-bond donors (Lipinski definition) is 0. The number of para-hydroxylation sites is 1. The second-order valence-corrected chi connectivity index (χ2v) is 6.49. The van der Waals surface area contributed by atoms with Crippen molar-refractivity contribution in [1.29, 1.82) is 0 Å². The van der Waals surface area contributed by atoms with E-state index in [9.17, 15) is 19.7 Å². The zero-order chi connectivity index (χ0) is 21.1. The highest BCUT2D eigenvalue weighted by Gasteiger charge is 2.24. The van der Waals surface area contributed by atoms with Crippen molar-refractivity contribution in [3.05, 3.63) is 88.2 Å². The molecule has 150 valence electrons. The lowest BCUT2D eigenvalue weighted by molar-refractivity contribution is -0.384. The third-order valence-corrected chi connectivity index (χ3v) is 4.60. The number of cyclic esters (lactones) is 1. The molecule has 30 heavy (non-hydrogen) atoms. The van der Waals surface area contributed by atoms with E-state index >= 15 is 0 Å². The van der Waals surface area contributed by atoms with Crippen LogP contribution in [0.15, 0.2) is 71.2 Å². The van der Waals surface area contributed by atoms with E-state index in [0.717, 1.165) is 0 Å². The highest BCUT2D eigenvalue weighted by molar-refractivity contribution is 6.07. The van der Waals surface area contributed by atoms with E-state index in [1.54, 1.807) is 54.6 Å². The molecule has 1 saturated heterocycles. The fourth-order valence-electron chi connectivity index (χ4n) is 3.14. The number of anilines is 1. The number of amides is 1. The SMILES string of the molecule is O=C(C=Cc1ccc(-c2ccccc2[N+](=O)[O-])o1)c1cccc(N2CCOC2=O)c1. The zero-order valence-electron chi connectivity index (χ0n) is 15.7. The van der Waals surface area contributed by atoms with Gasteiger partial charge in [0.2, 0.25) is 0 Å². The first-order valence-electron chi connectivity index (χ1n) is 9.13. The van der Waals surface area contributed by atoms with Crippen molar-refractivity contribution in [3.8, 4) is 11.3 Å². The van der Waals surface area contributed by atoms with Gasteiger partial charge in [-0.15, -0.1) is 0 Å². The normalized spacial score (nSPS) is 13.6. The monoisotopic (exact) mass is 404 g/mol. The third kappa shape index (κ3) is 3.83. The average Bonchev–Trinajstić information content (AvgIpc) is 3.41. The fourth-order valence-corrected chi connectivity index (χ4v) is 3.14. The second-order valence-electron chi connectivity index (χ2n) is 6.49. The van der Waals surface area contributed by atoms with Gasteiger partial charge in [0.05, 0.1) is 17.0 Å². The van der Waals surface area contributed by atoms with Gasteiger partial charge < -0.3 is 9.15 Å². The Balaban J connectivity index is 1.52. The Hall–Kier alpha value is -4.20. The summed E-state index contributed by atoms with van der Waals surface area (Å²) in [6.45, 7) is 0.754. The summed E-state index contributed by atoms with van der Waals surface area (Å²) in [5.74, 6) is 0.452. The summed E-state index contributed by atoms with van der Waals surface area (Å²) >= 11 is 0. The molecule has 1 aromatic heterocycles. The largest absolute Gasteiger partial charge is 0.456 e. The summed E-state index contributed by atoms with van der Waals surface area (Å²) < 4.78 is 10.6. The van der Waals surface area contributed by atoms with Crippen molar-refractivity contribution in [2.45, 2.75) is 0 Å². The number of nitro benzene ring substituents is 1. The molecule has 0 bridgehead atoms. The van der Waals surface area contributed by atoms with Gasteiger partial charge in [0.15, 0.2) is 5.78 Å². The first kappa shape index (κ1) is 19.1. The molecule has 0 saturated carbocycles. The molecule has 0 atom stereocenters. The Kier molecular flexibility index (Phi) is 5.13. The molecule has 0 aliphatic carbocycles. The Bertz CT molecular complexity index is 1160. The number of furan rings is 1. The number of hydrogen-bond acceptors (Lipinski definition) is 6. The number of carbonyl (C=O) groups is 2. The Morgan fingerprint density at radius 2 is 1.93 bits per heavy atom. The van der Waals surface area contributed by atoms with E-state index in [2.05, 4.69) is 0 Å². The van der Waals surface area contributed by atoms with Gasteiger partial charge in [0.25, 0.3) is 5.69 Å². The van der Waals surface area contributed by atoms with E-state index in [0.29, 0.717) is 41.5 Å². The maximum absolute atomic E-state index is 12.5. The van der Waals surface area contributed by atoms with Crippen LogP contribution in [0.1, 0.15) is 16.1 Å². The minimum Gasteiger partial charge on any atom is -0.456 e. The maximum Gasteiger partial charge on any atom is 0.414 e. The van der Waals surface area contributed by atoms with Crippen LogP contribution in [0.3, 0.4) is 0 Å². The van der Waals surface area contributed by atoms with Crippen LogP contribution in [0.2, 0.25) is 0 Å².